The quantitative estimate of drug-likeness (QED) is 0.773. The number of phenols is 1. The van der Waals surface area contributed by atoms with Gasteiger partial charge in [-0.25, -0.2) is 0 Å². The molecule has 0 radical (unpaired) electrons. The van der Waals surface area contributed by atoms with E-state index in [-0.39, 0.29) is 5.75 Å². The Balaban J connectivity index is 2.41. The summed E-state index contributed by atoms with van der Waals surface area (Å²) < 4.78 is 26.4. The van der Waals surface area contributed by atoms with Gasteiger partial charge in [0.1, 0.15) is 0 Å². The second-order valence-corrected chi connectivity index (χ2v) is 5.07. The van der Waals surface area contributed by atoms with Gasteiger partial charge in [0.25, 0.3) is 0 Å². The highest BCUT2D eigenvalue weighted by Gasteiger charge is 2.13. The summed E-state index contributed by atoms with van der Waals surface area (Å²) in [5, 5.41) is 10.0. The first-order valence-corrected chi connectivity index (χ1v) is 7.51. The first-order valence-electron chi connectivity index (χ1n) is 7.51. The van der Waals surface area contributed by atoms with Crippen LogP contribution in [0.25, 0.3) is 12.2 Å². The van der Waals surface area contributed by atoms with E-state index in [9.17, 15) is 5.11 Å². The summed E-state index contributed by atoms with van der Waals surface area (Å²) in [5.41, 5.74) is 1.60. The van der Waals surface area contributed by atoms with Crippen LogP contribution in [-0.4, -0.2) is 40.7 Å². The zero-order valence-corrected chi connectivity index (χ0v) is 15.0. The minimum Gasteiger partial charge on any atom is -0.504 e. The van der Waals surface area contributed by atoms with E-state index < -0.39 is 0 Å². The lowest BCUT2D eigenvalue weighted by Crippen LogP contribution is -1.95. The van der Waals surface area contributed by atoms with Crippen molar-refractivity contribution < 1.29 is 28.8 Å². The number of hydrogen-bond acceptors (Lipinski definition) is 6. The Morgan fingerprint density at radius 2 is 1.00 bits per heavy atom. The first kappa shape index (κ1) is 18.3. The fraction of sp³-hybridized carbons (Fsp3) is 0.263. The van der Waals surface area contributed by atoms with Crippen molar-refractivity contribution in [1.82, 2.24) is 0 Å². The van der Waals surface area contributed by atoms with Crippen LogP contribution >= 0.6 is 0 Å². The molecule has 0 aromatic heterocycles. The van der Waals surface area contributed by atoms with Gasteiger partial charge in [0.2, 0.25) is 11.5 Å². The van der Waals surface area contributed by atoms with Crippen LogP contribution in [0.5, 0.6) is 34.5 Å². The van der Waals surface area contributed by atoms with E-state index in [2.05, 4.69) is 0 Å². The van der Waals surface area contributed by atoms with Gasteiger partial charge in [-0.1, -0.05) is 12.2 Å². The third-order valence-electron chi connectivity index (χ3n) is 3.64. The Morgan fingerprint density at radius 3 is 1.40 bits per heavy atom. The summed E-state index contributed by atoms with van der Waals surface area (Å²) in [6.45, 7) is 0. The summed E-state index contributed by atoms with van der Waals surface area (Å²) in [4.78, 5) is 0. The Kier molecular flexibility index (Phi) is 6.00. The molecule has 2 aromatic carbocycles. The van der Waals surface area contributed by atoms with Gasteiger partial charge in [0.15, 0.2) is 23.0 Å². The number of hydrogen-bond donors (Lipinski definition) is 1. The Morgan fingerprint density at radius 1 is 0.600 bits per heavy atom. The van der Waals surface area contributed by atoms with E-state index in [1.165, 1.54) is 14.2 Å². The van der Waals surface area contributed by atoms with Crippen LogP contribution < -0.4 is 23.7 Å². The minimum atomic E-state index is 0.00592. The maximum atomic E-state index is 10.0. The number of phenolic OH excluding ortho intramolecular Hbond substituents is 1. The Labute approximate surface area is 147 Å². The maximum Gasteiger partial charge on any atom is 0.203 e. The van der Waals surface area contributed by atoms with Gasteiger partial charge < -0.3 is 28.8 Å². The highest BCUT2D eigenvalue weighted by molar-refractivity contribution is 5.74. The van der Waals surface area contributed by atoms with E-state index >= 15 is 0 Å². The molecular weight excluding hydrogens is 324 g/mol. The number of methoxy groups -OCH3 is 5. The van der Waals surface area contributed by atoms with Crippen molar-refractivity contribution in [1.29, 1.82) is 0 Å². The largest absolute Gasteiger partial charge is 0.504 e. The molecule has 0 aliphatic rings. The van der Waals surface area contributed by atoms with Crippen molar-refractivity contribution in [2.24, 2.45) is 0 Å². The van der Waals surface area contributed by atoms with E-state index in [4.69, 9.17) is 23.7 Å². The number of ether oxygens (including phenoxy) is 5. The lowest BCUT2D eigenvalue weighted by atomic mass is 10.1. The Hall–Kier alpha value is -3.02. The van der Waals surface area contributed by atoms with Crippen LogP contribution in [0.3, 0.4) is 0 Å². The normalized spacial score (nSPS) is 10.6. The third kappa shape index (κ3) is 3.91. The Bertz CT molecular complexity index is 742. The molecule has 0 saturated heterocycles. The van der Waals surface area contributed by atoms with Gasteiger partial charge in [-0.3, -0.25) is 0 Å². The maximum absolute atomic E-state index is 10.0. The van der Waals surface area contributed by atoms with Gasteiger partial charge >= 0.3 is 0 Å². The lowest BCUT2D eigenvalue weighted by Gasteiger charge is -2.13. The molecule has 0 unspecified atom stereocenters. The van der Waals surface area contributed by atoms with Crippen LogP contribution in [0, 0.1) is 0 Å². The van der Waals surface area contributed by atoms with Gasteiger partial charge in [-0.15, -0.1) is 0 Å². The summed E-state index contributed by atoms with van der Waals surface area (Å²) in [6, 6.07) is 7.03. The third-order valence-corrected chi connectivity index (χ3v) is 3.64. The first-order chi connectivity index (χ1) is 12.1. The predicted octanol–water partition coefficient (Wildman–Crippen LogP) is 3.61. The van der Waals surface area contributed by atoms with E-state index in [1.807, 2.05) is 24.3 Å². The molecule has 0 heterocycles. The average molecular weight is 346 g/mol. The zero-order chi connectivity index (χ0) is 18.4. The molecule has 0 atom stereocenters. The van der Waals surface area contributed by atoms with Crippen LogP contribution in [0.15, 0.2) is 24.3 Å². The highest BCUT2D eigenvalue weighted by Crippen LogP contribution is 2.40. The topological polar surface area (TPSA) is 66.4 Å². The number of rotatable bonds is 7. The van der Waals surface area contributed by atoms with Gasteiger partial charge in [-0.2, -0.15) is 0 Å². The fourth-order valence-electron chi connectivity index (χ4n) is 2.45. The predicted molar refractivity (Wildman–Crippen MR) is 96.2 cm³/mol. The van der Waals surface area contributed by atoms with Crippen LogP contribution in [-0.2, 0) is 0 Å². The minimum absolute atomic E-state index is 0.00592. The molecule has 0 aliphatic heterocycles. The molecule has 0 amide bonds. The second-order valence-electron chi connectivity index (χ2n) is 5.07. The van der Waals surface area contributed by atoms with Crippen molar-refractivity contribution in [3.8, 4) is 34.5 Å². The molecule has 0 fully saturated rings. The molecule has 134 valence electrons. The summed E-state index contributed by atoms with van der Waals surface area (Å²) in [5.74, 6) is 2.42. The smallest absolute Gasteiger partial charge is 0.203 e. The fourth-order valence-corrected chi connectivity index (χ4v) is 2.45. The molecule has 0 saturated carbocycles. The van der Waals surface area contributed by atoms with Gasteiger partial charge in [-0.05, 0) is 35.4 Å². The molecule has 0 spiro atoms. The molecule has 6 nitrogen and oxygen atoms in total. The molecular formula is C19H22O6. The van der Waals surface area contributed by atoms with Crippen molar-refractivity contribution >= 4 is 12.2 Å². The van der Waals surface area contributed by atoms with E-state index in [0.717, 1.165) is 11.1 Å². The molecule has 1 N–H and O–H groups in total. The van der Waals surface area contributed by atoms with Crippen LogP contribution in [0.4, 0.5) is 0 Å². The highest BCUT2D eigenvalue weighted by atomic mass is 16.5. The number of aromatic hydroxyl groups is 1. The summed E-state index contributed by atoms with van der Waals surface area (Å²) >= 11 is 0. The van der Waals surface area contributed by atoms with Crippen LogP contribution in [0.2, 0.25) is 0 Å². The molecule has 0 aliphatic carbocycles. The second kappa shape index (κ2) is 8.19. The van der Waals surface area contributed by atoms with Crippen LogP contribution in [0.1, 0.15) is 11.1 Å². The SMILES string of the molecule is COc1cc(/C=C\c2cc(OC)c(OC)c(OC)c2)cc(O)c1OC. The molecule has 2 aromatic rings. The summed E-state index contributed by atoms with van der Waals surface area (Å²) in [6.07, 6.45) is 3.70. The van der Waals surface area contributed by atoms with Crippen molar-refractivity contribution in [3.05, 3.63) is 35.4 Å². The molecule has 25 heavy (non-hydrogen) atoms. The van der Waals surface area contributed by atoms with E-state index in [1.54, 1.807) is 33.5 Å². The van der Waals surface area contributed by atoms with Crippen molar-refractivity contribution in [2.45, 2.75) is 0 Å². The molecule has 6 heteroatoms. The van der Waals surface area contributed by atoms with Gasteiger partial charge in [0, 0.05) is 0 Å². The molecule has 0 bridgehead atoms. The molecule has 2 rings (SSSR count). The zero-order valence-electron chi connectivity index (χ0n) is 15.0. The average Bonchev–Trinajstić information content (AvgIpc) is 2.64. The van der Waals surface area contributed by atoms with Gasteiger partial charge in [0.05, 0.1) is 35.5 Å². The van der Waals surface area contributed by atoms with Crippen molar-refractivity contribution in [3.63, 3.8) is 0 Å². The monoisotopic (exact) mass is 346 g/mol. The summed E-state index contributed by atoms with van der Waals surface area (Å²) in [7, 11) is 7.68. The van der Waals surface area contributed by atoms with E-state index in [0.29, 0.717) is 28.7 Å². The number of benzene rings is 2. The lowest BCUT2D eigenvalue weighted by molar-refractivity contribution is 0.324. The van der Waals surface area contributed by atoms with Crippen molar-refractivity contribution in [2.75, 3.05) is 35.5 Å². The standard InChI is InChI=1S/C19H22O6/c1-21-15-9-12(8-14(20)18(15)24-4)6-7-13-10-16(22-2)19(25-5)17(11-13)23-3/h6-11,20H,1-5H3/b7-6-.